The SMILES string of the molecule is CC1=C(C(=O)Nc2ccccn2)[C@@H](c2ccccn2)C2=C(C[C@H](c3cccs3)CC2=O)N1. The van der Waals surface area contributed by atoms with Crippen LogP contribution >= 0.6 is 11.3 Å². The molecule has 0 bridgehead atoms. The summed E-state index contributed by atoms with van der Waals surface area (Å²) in [5.74, 6) is -0.139. The molecule has 160 valence electrons. The molecule has 0 unspecified atom stereocenters. The van der Waals surface area contributed by atoms with Gasteiger partial charge in [0.1, 0.15) is 5.82 Å². The summed E-state index contributed by atoms with van der Waals surface area (Å²) in [6, 6.07) is 15.0. The van der Waals surface area contributed by atoms with Crippen LogP contribution in [0, 0.1) is 0 Å². The molecule has 1 amide bonds. The molecule has 0 aromatic carbocycles. The zero-order chi connectivity index (χ0) is 22.1. The Morgan fingerprint density at radius 2 is 1.88 bits per heavy atom. The topological polar surface area (TPSA) is 84.0 Å². The van der Waals surface area contributed by atoms with Crippen molar-refractivity contribution in [3.8, 4) is 0 Å². The van der Waals surface area contributed by atoms with E-state index >= 15 is 0 Å². The van der Waals surface area contributed by atoms with Crippen molar-refractivity contribution in [1.29, 1.82) is 0 Å². The van der Waals surface area contributed by atoms with Crippen LogP contribution in [0.5, 0.6) is 0 Å². The molecule has 0 spiro atoms. The second-order valence-corrected chi connectivity index (χ2v) is 8.94. The summed E-state index contributed by atoms with van der Waals surface area (Å²) in [5, 5.41) is 8.31. The van der Waals surface area contributed by atoms with Crippen molar-refractivity contribution in [3.63, 3.8) is 0 Å². The Morgan fingerprint density at radius 3 is 2.56 bits per heavy atom. The second-order valence-electron chi connectivity index (χ2n) is 7.96. The third kappa shape index (κ3) is 3.76. The number of hydrogen-bond donors (Lipinski definition) is 2. The first-order valence-corrected chi connectivity index (χ1v) is 11.4. The van der Waals surface area contributed by atoms with Gasteiger partial charge in [0.15, 0.2) is 5.78 Å². The lowest BCUT2D eigenvalue weighted by atomic mass is 9.73. The van der Waals surface area contributed by atoms with E-state index in [1.807, 2.05) is 42.6 Å². The molecule has 1 aliphatic carbocycles. The van der Waals surface area contributed by atoms with E-state index in [1.54, 1.807) is 35.9 Å². The van der Waals surface area contributed by atoms with E-state index in [0.717, 1.165) is 17.8 Å². The van der Waals surface area contributed by atoms with Gasteiger partial charge in [-0.2, -0.15) is 0 Å². The fourth-order valence-electron chi connectivity index (χ4n) is 4.53. The van der Waals surface area contributed by atoms with E-state index in [1.165, 1.54) is 4.88 Å². The van der Waals surface area contributed by atoms with Crippen LogP contribution in [0.15, 0.2) is 88.8 Å². The number of hydrogen-bond acceptors (Lipinski definition) is 6. The average molecular weight is 443 g/mol. The highest BCUT2D eigenvalue weighted by Gasteiger charge is 2.41. The predicted molar refractivity (Wildman–Crippen MR) is 124 cm³/mol. The molecule has 3 aromatic heterocycles. The minimum absolute atomic E-state index is 0.0587. The lowest BCUT2D eigenvalue weighted by Crippen LogP contribution is -2.37. The Kier molecular flexibility index (Phi) is 5.41. The summed E-state index contributed by atoms with van der Waals surface area (Å²) >= 11 is 1.68. The third-order valence-corrected chi connectivity index (χ3v) is 6.94. The van der Waals surface area contributed by atoms with Gasteiger partial charge in [-0.25, -0.2) is 4.98 Å². The zero-order valence-electron chi connectivity index (χ0n) is 17.5. The molecule has 0 fully saturated rings. The minimum atomic E-state index is -0.520. The van der Waals surface area contributed by atoms with Crippen LogP contribution in [0.25, 0.3) is 0 Å². The molecule has 6 nitrogen and oxygen atoms in total. The number of allylic oxidation sites excluding steroid dienone is 3. The molecule has 3 aromatic rings. The molecule has 2 atom stereocenters. The van der Waals surface area contributed by atoms with Crippen molar-refractivity contribution >= 4 is 28.8 Å². The highest BCUT2D eigenvalue weighted by Crippen LogP contribution is 2.45. The zero-order valence-corrected chi connectivity index (χ0v) is 18.4. The summed E-state index contributed by atoms with van der Waals surface area (Å²) in [5.41, 5.74) is 3.45. The number of carbonyl (C=O) groups excluding carboxylic acids is 2. The molecule has 5 rings (SSSR count). The number of thiophene rings is 1. The van der Waals surface area contributed by atoms with E-state index in [-0.39, 0.29) is 17.6 Å². The molecular weight excluding hydrogens is 420 g/mol. The van der Waals surface area contributed by atoms with Crippen molar-refractivity contribution < 1.29 is 9.59 Å². The monoisotopic (exact) mass is 442 g/mol. The number of rotatable bonds is 4. The normalized spacial score (nSPS) is 20.6. The van der Waals surface area contributed by atoms with Gasteiger partial charge in [-0.15, -0.1) is 11.3 Å². The van der Waals surface area contributed by atoms with Gasteiger partial charge in [0, 0.05) is 52.1 Å². The summed E-state index contributed by atoms with van der Waals surface area (Å²) in [6.45, 7) is 1.88. The van der Waals surface area contributed by atoms with Gasteiger partial charge in [-0.3, -0.25) is 14.6 Å². The van der Waals surface area contributed by atoms with Gasteiger partial charge in [-0.1, -0.05) is 18.2 Å². The van der Waals surface area contributed by atoms with Crippen LogP contribution in [0.2, 0.25) is 0 Å². The Bertz CT molecular complexity index is 1220. The first-order chi connectivity index (χ1) is 15.6. The Balaban J connectivity index is 1.56. The number of aromatic nitrogens is 2. The fourth-order valence-corrected chi connectivity index (χ4v) is 5.36. The van der Waals surface area contributed by atoms with Crippen LogP contribution in [0.3, 0.4) is 0 Å². The van der Waals surface area contributed by atoms with E-state index in [4.69, 9.17) is 0 Å². The molecule has 0 saturated carbocycles. The number of nitrogens with one attached hydrogen (secondary N) is 2. The molecule has 2 aliphatic rings. The van der Waals surface area contributed by atoms with Crippen molar-refractivity contribution in [2.75, 3.05) is 5.32 Å². The maximum atomic E-state index is 13.5. The van der Waals surface area contributed by atoms with Crippen molar-refractivity contribution in [2.45, 2.75) is 31.6 Å². The maximum absolute atomic E-state index is 13.5. The molecule has 32 heavy (non-hydrogen) atoms. The minimum Gasteiger partial charge on any atom is -0.362 e. The van der Waals surface area contributed by atoms with E-state index in [2.05, 4.69) is 26.7 Å². The van der Waals surface area contributed by atoms with Gasteiger partial charge in [0.05, 0.1) is 11.6 Å². The van der Waals surface area contributed by atoms with Crippen molar-refractivity contribution in [3.05, 3.63) is 99.4 Å². The summed E-state index contributed by atoms with van der Waals surface area (Å²) in [7, 11) is 0. The summed E-state index contributed by atoms with van der Waals surface area (Å²) in [4.78, 5) is 36.8. The van der Waals surface area contributed by atoms with E-state index in [0.29, 0.717) is 29.1 Å². The van der Waals surface area contributed by atoms with Crippen molar-refractivity contribution in [1.82, 2.24) is 15.3 Å². The molecule has 0 saturated heterocycles. The van der Waals surface area contributed by atoms with Gasteiger partial charge in [-0.05, 0) is 49.1 Å². The fraction of sp³-hybridized carbons (Fsp3) is 0.200. The maximum Gasteiger partial charge on any atom is 0.255 e. The predicted octanol–water partition coefficient (Wildman–Crippen LogP) is 4.54. The average Bonchev–Trinajstić information content (AvgIpc) is 3.34. The van der Waals surface area contributed by atoms with Crippen LogP contribution < -0.4 is 10.6 Å². The lowest BCUT2D eigenvalue weighted by molar-refractivity contribution is -0.116. The summed E-state index contributed by atoms with van der Waals surface area (Å²) in [6.07, 6.45) is 4.49. The third-order valence-electron chi connectivity index (χ3n) is 5.91. The first kappa shape index (κ1) is 20.3. The number of pyridine rings is 2. The standard InChI is InChI=1S/C25H22N4O2S/c1-15-22(25(31)29-21-9-3-5-11-27-21)24(17-7-2-4-10-26-17)23-18(28-15)13-16(14-19(23)30)20-8-6-12-32-20/h2-12,16,24,28H,13-14H2,1H3,(H,27,29,31)/t16-,24+/m0/s1. The van der Waals surface area contributed by atoms with Crippen molar-refractivity contribution in [2.24, 2.45) is 0 Å². The van der Waals surface area contributed by atoms with Gasteiger partial charge >= 0.3 is 0 Å². The van der Waals surface area contributed by atoms with Crippen LogP contribution in [0.1, 0.15) is 42.2 Å². The number of dihydropyridines is 1. The van der Waals surface area contributed by atoms with Crippen LogP contribution in [-0.4, -0.2) is 21.7 Å². The highest BCUT2D eigenvalue weighted by atomic mass is 32.1. The Labute approximate surface area is 190 Å². The molecule has 0 radical (unpaired) electrons. The number of Topliss-reactive ketones (excluding diaryl/α,β-unsaturated/α-hetero) is 1. The van der Waals surface area contributed by atoms with Crippen LogP contribution in [-0.2, 0) is 9.59 Å². The summed E-state index contributed by atoms with van der Waals surface area (Å²) < 4.78 is 0. The first-order valence-electron chi connectivity index (χ1n) is 10.5. The smallest absolute Gasteiger partial charge is 0.255 e. The Morgan fingerprint density at radius 1 is 1.06 bits per heavy atom. The van der Waals surface area contributed by atoms with Gasteiger partial charge in [0.25, 0.3) is 5.91 Å². The molecule has 4 heterocycles. The van der Waals surface area contributed by atoms with Gasteiger partial charge in [0.2, 0.25) is 0 Å². The number of nitrogens with zero attached hydrogens (tertiary/aromatic N) is 2. The number of ketones is 1. The largest absolute Gasteiger partial charge is 0.362 e. The lowest BCUT2D eigenvalue weighted by Gasteiger charge is -2.36. The number of anilines is 1. The second kappa shape index (κ2) is 8.51. The number of amides is 1. The molecule has 7 heteroatoms. The Hall–Kier alpha value is -3.58. The van der Waals surface area contributed by atoms with Gasteiger partial charge < -0.3 is 10.6 Å². The number of carbonyl (C=O) groups is 2. The quantitative estimate of drug-likeness (QED) is 0.620. The molecule has 2 N–H and O–H groups in total. The molecular formula is C25H22N4O2S. The highest BCUT2D eigenvalue weighted by molar-refractivity contribution is 7.10. The van der Waals surface area contributed by atoms with E-state index in [9.17, 15) is 9.59 Å². The van der Waals surface area contributed by atoms with Crippen LogP contribution in [0.4, 0.5) is 5.82 Å². The van der Waals surface area contributed by atoms with E-state index < -0.39 is 5.92 Å². The molecule has 1 aliphatic heterocycles.